The van der Waals surface area contributed by atoms with Crippen LogP contribution in [0.1, 0.15) is 45.1 Å². The van der Waals surface area contributed by atoms with E-state index in [1.54, 1.807) is 0 Å². The highest BCUT2D eigenvalue weighted by Crippen LogP contribution is 2.40. The number of hydrogen-bond acceptors (Lipinski definition) is 1. The predicted molar refractivity (Wildman–Crippen MR) is 67.8 cm³/mol. The normalized spacial score (nSPS) is 29.6. The van der Waals surface area contributed by atoms with Crippen molar-refractivity contribution >= 4 is 11.6 Å². The van der Waals surface area contributed by atoms with E-state index in [0.717, 1.165) is 11.4 Å². The van der Waals surface area contributed by atoms with E-state index in [4.69, 9.17) is 16.3 Å². The Hall–Kier alpha value is -0.530. The van der Waals surface area contributed by atoms with E-state index in [0.29, 0.717) is 6.10 Å². The van der Waals surface area contributed by atoms with Crippen LogP contribution in [0.5, 0.6) is 0 Å². The molecule has 0 spiro atoms. The van der Waals surface area contributed by atoms with Gasteiger partial charge < -0.3 is 4.74 Å². The maximum absolute atomic E-state index is 6.17. The first-order valence-corrected chi connectivity index (χ1v) is 6.46. The molecule has 2 heteroatoms. The van der Waals surface area contributed by atoms with Gasteiger partial charge in [-0.15, -0.1) is 0 Å². The molecule has 1 nitrogen and oxygen atoms in total. The molecular formula is C14H19ClO. The molecule has 1 saturated heterocycles. The Morgan fingerprint density at radius 2 is 2.06 bits per heavy atom. The molecule has 2 atom stereocenters. The summed E-state index contributed by atoms with van der Waals surface area (Å²) in [6, 6.07) is 8.05. The zero-order chi connectivity index (χ0) is 11.6. The summed E-state index contributed by atoms with van der Waals surface area (Å²) in [5.74, 6) is 0. The Bertz CT molecular complexity index is 346. The van der Waals surface area contributed by atoms with Gasteiger partial charge in [0.2, 0.25) is 0 Å². The summed E-state index contributed by atoms with van der Waals surface area (Å²) in [7, 11) is 0. The van der Waals surface area contributed by atoms with Gasteiger partial charge in [0.05, 0.1) is 11.7 Å². The van der Waals surface area contributed by atoms with Crippen LogP contribution >= 0.6 is 11.6 Å². The topological polar surface area (TPSA) is 9.23 Å². The van der Waals surface area contributed by atoms with E-state index in [9.17, 15) is 0 Å². The maximum atomic E-state index is 6.17. The van der Waals surface area contributed by atoms with Crippen LogP contribution in [0.25, 0.3) is 0 Å². The molecule has 1 aliphatic heterocycles. The van der Waals surface area contributed by atoms with Crippen molar-refractivity contribution in [1.29, 1.82) is 0 Å². The van der Waals surface area contributed by atoms with Crippen molar-refractivity contribution in [1.82, 2.24) is 0 Å². The molecule has 0 aliphatic carbocycles. The molecule has 1 heterocycles. The molecule has 0 aromatic heterocycles. The number of benzene rings is 1. The zero-order valence-electron chi connectivity index (χ0n) is 10.0. The Labute approximate surface area is 103 Å². The molecule has 0 amide bonds. The zero-order valence-corrected chi connectivity index (χ0v) is 10.8. The van der Waals surface area contributed by atoms with Crippen molar-refractivity contribution in [2.24, 2.45) is 0 Å². The summed E-state index contributed by atoms with van der Waals surface area (Å²) in [5.41, 5.74) is 1.14. The standard InChI is InChI=1S/C14H19ClO/c1-3-4-13-9-10-14(2,16-13)11-5-7-12(15)8-6-11/h5-8,13H,3-4,9-10H2,1-2H3/t13-,14-/m1/s1. The minimum Gasteiger partial charge on any atom is -0.367 e. The molecule has 88 valence electrons. The summed E-state index contributed by atoms with van der Waals surface area (Å²) in [6.07, 6.45) is 5.09. The first kappa shape index (κ1) is 11.9. The van der Waals surface area contributed by atoms with Gasteiger partial charge in [0.15, 0.2) is 0 Å². The number of hydrogen-bond donors (Lipinski definition) is 0. The third-order valence-electron chi connectivity index (χ3n) is 3.44. The minimum atomic E-state index is -0.107. The van der Waals surface area contributed by atoms with Gasteiger partial charge in [-0.05, 0) is 43.9 Å². The maximum Gasteiger partial charge on any atom is 0.0908 e. The Morgan fingerprint density at radius 3 is 2.69 bits per heavy atom. The molecule has 0 bridgehead atoms. The lowest BCUT2D eigenvalue weighted by Gasteiger charge is -2.25. The van der Waals surface area contributed by atoms with Gasteiger partial charge in [-0.25, -0.2) is 0 Å². The smallest absolute Gasteiger partial charge is 0.0908 e. The van der Waals surface area contributed by atoms with Gasteiger partial charge in [-0.1, -0.05) is 37.1 Å². The second-order valence-electron chi connectivity index (χ2n) is 4.80. The number of halogens is 1. The lowest BCUT2D eigenvalue weighted by atomic mass is 9.93. The summed E-state index contributed by atoms with van der Waals surface area (Å²) in [4.78, 5) is 0. The van der Waals surface area contributed by atoms with Crippen LogP contribution < -0.4 is 0 Å². The minimum absolute atomic E-state index is 0.107. The SMILES string of the molecule is CCC[C@@H]1CC[C@](C)(c2ccc(Cl)cc2)O1. The fraction of sp³-hybridized carbons (Fsp3) is 0.571. The van der Waals surface area contributed by atoms with Crippen LogP contribution in [0.15, 0.2) is 24.3 Å². The molecule has 1 aromatic rings. The van der Waals surface area contributed by atoms with E-state index < -0.39 is 0 Å². The summed E-state index contributed by atoms with van der Waals surface area (Å²) in [5, 5.41) is 0.787. The van der Waals surface area contributed by atoms with Gasteiger partial charge in [-0.3, -0.25) is 0 Å². The molecule has 0 radical (unpaired) electrons. The van der Waals surface area contributed by atoms with E-state index in [1.807, 2.05) is 12.1 Å². The third-order valence-corrected chi connectivity index (χ3v) is 3.69. The van der Waals surface area contributed by atoms with Gasteiger partial charge in [0.25, 0.3) is 0 Å². The molecule has 16 heavy (non-hydrogen) atoms. The van der Waals surface area contributed by atoms with Crippen molar-refractivity contribution < 1.29 is 4.74 Å². The van der Waals surface area contributed by atoms with Crippen LogP contribution in [-0.4, -0.2) is 6.10 Å². The molecule has 0 saturated carbocycles. The molecule has 1 fully saturated rings. The van der Waals surface area contributed by atoms with Gasteiger partial charge in [0, 0.05) is 5.02 Å². The highest BCUT2D eigenvalue weighted by Gasteiger charge is 2.36. The van der Waals surface area contributed by atoms with E-state index in [-0.39, 0.29) is 5.60 Å². The second-order valence-corrected chi connectivity index (χ2v) is 5.24. The van der Waals surface area contributed by atoms with Crippen LogP contribution in [0, 0.1) is 0 Å². The van der Waals surface area contributed by atoms with Crippen LogP contribution in [0.3, 0.4) is 0 Å². The van der Waals surface area contributed by atoms with E-state index in [2.05, 4.69) is 26.0 Å². The number of rotatable bonds is 3. The van der Waals surface area contributed by atoms with Crippen molar-refractivity contribution in [2.45, 2.75) is 51.2 Å². The van der Waals surface area contributed by atoms with Gasteiger partial charge in [0.1, 0.15) is 0 Å². The highest BCUT2D eigenvalue weighted by molar-refractivity contribution is 6.30. The Kier molecular flexibility index (Phi) is 3.56. The van der Waals surface area contributed by atoms with E-state index >= 15 is 0 Å². The monoisotopic (exact) mass is 238 g/mol. The average Bonchev–Trinajstić information content (AvgIpc) is 2.63. The summed E-state index contributed by atoms with van der Waals surface area (Å²) >= 11 is 5.90. The predicted octanol–water partition coefficient (Wildman–Crippen LogP) is 4.53. The fourth-order valence-corrected chi connectivity index (χ4v) is 2.59. The summed E-state index contributed by atoms with van der Waals surface area (Å²) < 4.78 is 6.17. The fourth-order valence-electron chi connectivity index (χ4n) is 2.46. The van der Waals surface area contributed by atoms with Crippen molar-refractivity contribution in [3.63, 3.8) is 0 Å². The second kappa shape index (κ2) is 4.77. The van der Waals surface area contributed by atoms with Crippen LogP contribution in [-0.2, 0) is 10.3 Å². The van der Waals surface area contributed by atoms with Gasteiger partial charge >= 0.3 is 0 Å². The molecular weight excluding hydrogens is 220 g/mol. The lowest BCUT2D eigenvalue weighted by Crippen LogP contribution is -2.22. The quantitative estimate of drug-likeness (QED) is 0.752. The van der Waals surface area contributed by atoms with E-state index in [1.165, 1.54) is 24.8 Å². The summed E-state index contributed by atoms with van der Waals surface area (Å²) in [6.45, 7) is 4.40. The Balaban J connectivity index is 2.12. The molecule has 1 aliphatic rings. The molecule has 0 N–H and O–H groups in total. The van der Waals surface area contributed by atoms with Gasteiger partial charge in [-0.2, -0.15) is 0 Å². The molecule has 0 unspecified atom stereocenters. The lowest BCUT2D eigenvalue weighted by molar-refractivity contribution is -0.0353. The average molecular weight is 239 g/mol. The van der Waals surface area contributed by atoms with Crippen LogP contribution in [0.4, 0.5) is 0 Å². The first-order valence-electron chi connectivity index (χ1n) is 6.08. The molecule has 1 aromatic carbocycles. The number of ether oxygens (including phenoxy) is 1. The van der Waals surface area contributed by atoms with Crippen molar-refractivity contribution in [2.75, 3.05) is 0 Å². The third kappa shape index (κ3) is 2.41. The highest BCUT2D eigenvalue weighted by atomic mass is 35.5. The Morgan fingerprint density at radius 1 is 1.38 bits per heavy atom. The largest absolute Gasteiger partial charge is 0.367 e. The van der Waals surface area contributed by atoms with Crippen molar-refractivity contribution in [3.05, 3.63) is 34.9 Å². The van der Waals surface area contributed by atoms with Crippen molar-refractivity contribution in [3.8, 4) is 0 Å². The first-order chi connectivity index (χ1) is 7.64. The molecule has 2 rings (SSSR count). The van der Waals surface area contributed by atoms with Crippen LogP contribution in [0.2, 0.25) is 5.02 Å².